The maximum absolute atomic E-state index is 2.66. The second-order valence-corrected chi connectivity index (χ2v) is 19.1. The number of hydrogen-bond donors (Lipinski definition) is 0. The molecule has 0 spiro atoms. The van der Waals surface area contributed by atoms with E-state index in [1.807, 2.05) is 0 Å². The van der Waals surface area contributed by atoms with Gasteiger partial charge in [0.15, 0.2) is 0 Å². The molecule has 0 N–H and O–H groups in total. The Hall–Kier alpha value is -5.86. The number of rotatable bonds is 21. The molecule has 1 unspecified atom stereocenters. The van der Waals surface area contributed by atoms with Crippen LogP contribution in [-0.2, 0) is 5.41 Å². The van der Waals surface area contributed by atoms with Crippen LogP contribution in [0.5, 0.6) is 0 Å². The molecule has 2 nitrogen and oxygen atoms in total. The molecule has 2 heteroatoms. The summed E-state index contributed by atoms with van der Waals surface area (Å²) in [5, 5.41) is 2.55. The number of anilines is 3. The van der Waals surface area contributed by atoms with Gasteiger partial charge in [-0.25, -0.2) is 0 Å². The zero-order chi connectivity index (χ0) is 44.6. The summed E-state index contributed by atoms with van der Waals surface area (Å²) in [5.74, 6) is 0.550. The maximum atomic E-state index is 2.66. The van der Waals surface area contributed by atoms with Crippen molar-refractivity contribution in [2.24, 2.45) is 0 Å². The molecule has 1 heterocycles. The second-order valence-electron chi connectivity index (χ2n) is 19.1. The van der Waals surface area contributed by atoms with E-state index in [4.69, 9.17) is 0 Å². The van der Waals surface area contributed by atoms with Crippen molar-refractivity contribution >= 4 is 38.9 Å². The highest BCUT2D eigenvalue weighted by Crippen LogP contribution is 2.56. The molecule has 1 aliphatic rings. The third kappa shape index (κ3) is 9.07. The zero-order valence-corrected chi connectivity index (χ0v) is 39.7. The van der Waals surface area contributed by atoms with E-state index in [9.17, 15) is 0 Å². The first-order valence-electron chi connectivity index (χ1n) is 25.4. The van der Waals surface area contributed by atoms with Gasteiger partial charge in [-0.3, -0.25) is 0 Å². The van der Waals surface area contributed by atoms with E-state index < -0.39 is 0 Å². The molecule has 65 heavy (non-hydrogen) atoms. The maximum Gasteiger partial charge on any atom is 0.0542 e. The SMILES string of the molecule is CCCCCCCCC1(CCCCCCCC)c2cc(C(C)CC)ccc2-c2ccc(-n3c4ccccc4c4cc(N(c5ccccc5)c5ccc(-c6ccccc6)cc5)ccc43)cc21. The molecule has 0 fully saturated rings. The molecule has 0 saturated heterocycles. The van der Waals surface area contributed by atoms with E-state index in [0.29, 0.717) is 5.92 Å². The Balaban J connectivity index is 1.16. The molecular formula is C63H70N2. The van der Waals surface area contributed by atoms with Crippen LogP contribution in [0.1, 0.15) is 147 Å². The largest absolute Gasteiger partial charge is 0.310 e. The number of aromatic nitrogens is 1. The molecule has 9 rings (SSSR count). The summed E-state index contributed by atoms with van der Waals surface area (Å²) in [4.78, 5) is 2.40. The first kappa shape index (κ1) is 44.3. The zero-order valence-electron chi connectivity index (χ0n) is 39.7. The van der Waals surface area contributed by atoms with Crippen LogP contribution >= 0.6 is 0 Å². The summed E-state index contributed by atoms with van der Waals surface area (Å²) < 4.78 is 2.56. The Kier molecular flexibility index (Phi) is 14.0. The number of unbranched alkanes of at least 4 members (excludes halogenated alkanes) is 10. The topological polar surface area (TPSA) is 8.17 Å². The van der Waals surface area contributed by atoms with E-state index in [0.717, 1.165) is 23.5 Å². The van der Waals surface area contributed by atoms with Gasteiger partial charge in [-0.05, 0) is 125 Å². The van der Waals surface area contributed by atoms with E-state index in [1.165, 1.54) is 145 Å². The van der Waals surface area contributed by atoms with Gasteiger partial charge in [0.2, 0.25) is 0 Å². The third-order valence-corrected chi connectivity index (χ3v) is 14.9. The van der Waals surface area contributed by atoms with Crippen molar-refractivity contribution in [3.05, 3.63) is 180 Å². The third-order valence-electron chi connectivity index (χ3n) is 14.9. The van der Waals surface area contributed by atoms with E-state index in [2.05, 4.69) is 201 Å². The highest BCUT2D eigenvalue weighted by molar-refractivity contribution is 6.10. The molecule has 0 bridgehead atoms. The van der Waals surface area contributed by atoms with Crippen LogP contribution in [0.25, 0.3) is 49.7 Å². The molecule has 8 aromatic rings. The van der Waals surface area contributed by atoms with Gasteiger partial charge >= 0.3 is 0 Å². The summed E-state index contributed by atoms with van der Waals surface area (Å²) >= 11 is 0. The van der Waals surface area contributed by atoms with Crippen molar-refractivity contribution in [2.75, 3.05) is 4.90 Å². The molecule has 0 saturated carbocycles. The summed E-state index contributed by atoms with van der Waals surface area (Å²) in [6.07, 6.45) is 19.5. The predicted molar refractivity (Wildman–Crippen MR) is 282 cm³/mol. The van der Waals surface area contributed by atoms with Crippen molar-refractivity contribution < 1.29 is 0 Å². The van der Waals surface area contributed by atoms with Crippen LogP contribution in [0.3, 0.4) is 0 Å². The van der Waals surface area contributed by atoms with Gasteiger partial charge < -0.3 is 9.47 Å². The first-order valence-corrected chi connectivity index (χ1v) is 25.4. The Bertz CT molecular complexity index is 2780. The Morgan fingerprint density at radius 1 is 0.446 bits per heavy atom. The molecule has 332 valence electrons. The minimum Gasteiger partial charge on any atom is -0.310 e. The van der Waals surface area contributed by atoms with Gasteiger partial charge in [0, 0.05) is 38.9 Å². The average molecular weight is 855 g/mol. The highest BCUT2D eigenvalue weighted by Gasteiger charge is 2.43. The quantitative estimate of drug-likeness (QED) is 0.0654. The van der Waals surface area contributed by atoms with Gasteiger partial charge in [0.25, 0.3) is 0 Å². The lowest BCUT2D eigenvalue weighted by Crippen LogP contribution is -2.26. The van der Waals surface area contributed by atoms with Crippen LogP contribution in [0.4, 0.5) is 17.1 Å². The van der Waals surface area contributed by atoms with Crippen molar-refractivity contribution in [1.29, 1.82) is 0 Å². The van der Waals surface area contributed by atoms with Gasteiger partial charge in [-0.1, -0.05) is 208 Å². The summed E-state index contributed by atoms with van der Waals surface area (Å²) in [6.45, 7) is 9.42. The van der Waals surface area contributed by atoms with Crippen molar-refractivity contribution in [1.82, 2.24) is 4.57 Å². The molecule has 0 radical (unpaired) electrons. The molecular weight excluding hydrogens is 785 g/mol. The van der Waals surface area contributed by atoms with Crippen LogP contribution in [0.2, 0.25) is 0 Å². The lowest BCUT2D eigenvalue weighted by atomic mass is 9.70. The standard InChI is InChI=1S/C63H70N2/c1-5-8-10-12-14-24-42-63(43-25-15-13-11-9-6-2)59-44-50(47(4)7-3)34-39-55(59)56-40-37-54(46-60(56)63)65-61-31-23-22-30-57(61)58-45-53(38-41-62(58)65)64(51-28-20-17-21-29-51)52-35-32-49(33-36-52)48-26-18-16-19-27-48/h16-23,26-41,44-47H,5-15,24-25,42-43H2,1-4H3. The minimum absolute atomic E-state index is 0.0117. The smallest absolute Gasteiger partial charge is 0.0542 e. The van der Waals surface area contributed by atoms with Gasteiger partial charge in [0.1, 0.15) is 0 Å². The molecule has 1 atom stereocenters. The fraction of sp³-hybridized carbons (Fsp3) is 0.333. The van der Waals surface area contributed by atoms with Crippen molar-refractivity contribution in [3.63, 3.8) is 0 Å². The fourth-order valence-corrected chi connectivity index (χ4v) is 11.1. The lowest BCUT2D eigenvalue weighted by Gasteiger charge is -2.34. The van der Waals surface area contributed by atoms with E-state index in [-0.39, 0.29) is 5.41 Å². The Morgan fingerprint density at radius 2 is 0.985 bits per heavy atom. The first-order chi connectivity index (χ1) is 32.0. The van der Waals surface area contributed by atoms with Gasteiger partial charge in [0.05, 0.1) is 11.0 Å². The number of para-hydroxylation sites is 2. The van der Waals surface area contributed by atoms with Gasteiger partial charge in [-0.15, -0.1) is 0 Å². The second kappa shape index (κ2) is 20.5. The molecule has 1 aromatic heterocycles. The summed E-state index contributed by atoms with van der Waals surface area (Å²) in [6, 6.07) is 61.8. The highest BCUT2D eigenvalue weighted by atomic mass is 15.1. The summed E-state index contributed by atoms with van der Waals surface area (Å²) in [5.41, 5.74) is 17.3. The minimum atomic E-state index is 0.0117. The Morgan fingerprint density at radius 3 is 1.66 bits per heavy atom. The van der Waals surface area contributed by atoms with Crippen molar-refractivity contribution in [2.45, 2.75) is 135 Å². The average Bonchev–Trinajstić information content (AvgIpc) is 3.83. The van der Waals surface area contributed by atoms with Gasteiger partial charge in [-0.2, -0.15) is 0 Å². The van der Waals surface area contributed by atoms with Crippen LogP contribution in [0.15, 0.2) is 164 Å². The van der Waals surface area contributed by atoms with E-state index >= 15 is 0 Å². The molecule has 7 aromatic carbocycles. The number of fused-ring (bicyclic) bond motifs is 6. The van der Waals surface area contributed by atoms with Crippen LogP contribution in [-0.4, -0.2) is 4.57 Å². The predicted octanol–water partition coefficient (Wildman–Crippen LogP) is 19.2. The monoisotopic (exact) mass is 855 g/mol. The molecule has 1 aliphatic carbocycles. The van der Waals surface area contributed by atoms with Crippen LogP contribution in [0, 0.1) is 0 Å². The number of nitrogens with zero attached hydrogens (tertiary/aromatic N) is 2. The van der Waals surface area contributed by atoms with E-state index in [1.54, 1.807) is 11.1 Å². The normalized spacial score (nSPS) is 13.3. The Labute approximate surface area is 390 Å². The summed E-state index contributed by atoms with van der Waals surface area (Å²) in [7, 11) is 0. The molecule has 0 aliphatic heterocycles. The van der Waals surface area contributed by atoms with Crippen molar-refractivity contribution in [3.8, 4) is 27.9 Å². The van der Waals surface area contributed by atoms with Crippen LogP contribution < -0.4 is 4.90 Å². The fourth-order valence-electron chi connectivity index (χ4n) is 11.1. The lowest BCUT2D eigenvalue weighted by molar-refractivity contribution is 0.397. The number of hydrogen-bond acceptors (Lipinski definition) is 1. The molecule has 0 amide bonds. The number of benzene rings is 7.